The van der Waals surface area contributed by atoms with Gasteiger partial charge in [0.05, 0.1) is 17.5 Å². The number of carbonyl (C=O) groups excluding carboxylic acids is 1. The maximum Gasteiger partial charge on any atom is 0.237 e. The topological polar surface area (TPSA) is 69.0 Å². The number of nitrogens with zero attached hydrogens (tertiary/aromatic N) is 3. The number of rotatable bonds is 7. The van der Waals surface area contributed by atoms with Crippen molar-refractivity contribution in [2.24, 2.45) is 7.05 Å². The molecule has 0 spiro atoms. The minimum Gasteiger partial charge on any atom is -0.492 e. The summed E-state index contributed by atoms with van der Waals surface area (Å²) in [7, 11) is 1.88. The molecule has 0 radical (unpaired) electrons. The van der Waals surface area contributed by atoms with Crippen molar-refractivity contribution in [2.45, 2.75) is 24.3 Å². The quantitative estimate of drug-likeness (QED) is 0.567. The highest BCUT2D eigenvalue weighted by Gasteiger charge is 2.20. The van der Waals surface area contributed by atoms with Crippen molar-refractivity contribution in [3.05, 3.63) is 53.6 Å². The fourth-order valence-electron chi connectivity index (χ4n) is 2.57. The maximum atomic E-state index is 12.6. The van der Waals surface area contributed by atoms with Gasteiger partial charge in [0.25, 0.3) is 0 Å². The summed E-state index contributed by atoms with van der Waals surface area (Å²) in [6, 6.07) is 14.8. The molecule has 0 saturated carbocycles. The van der Waals surface area contributed by atoms with E-state index in [1.165, 1.54) is 11.8 Å². The Kier molecular flexibility index (Phi) is 6.59. The van der Waals surface area contributed by atoms with Gasteiger partial charge in [0.2, 0.25) is 5.91 Å². The van der Waals surface area contributed by atoms with E-state index < -0.39 is 0 Å². The molecule has 0 aliphatic carbocycles. The number of ether oxygens (including phenoxy) is 1. The van der Waals surface area contributed by atoms with Crippen LogP contribution in [0.5, 0.6) is 5.75 Å². The van der Waals surface area contributed by atoms with Gasteiger partial charge >= 0.3 is 0 Å². The molecule has 1 amide bonds. The van der Waals surface area contributed by atoms with Crippen LogP contribution in [0.15, 0.2) is 53.7 Å². The Labute approximate surface area is 173 Å². The van der Waals surface area contributed by atoms with Gasteiger partial charge < -0.3 is 14.6 Å². The van der Waals surface area contributed by atoms with Gasteiger partial charge in [-0.25, -0.2) is 0 Å². The van der Waals surface area contributed by atoms with Gasteiger partial charge in [0.1, 0.15) is 5.75 Å². The molecule has 1 unspecified atom stereocenters. The van der Waals surface area contributed by atoms with Gasteiger partial charge in [0, 0.05) is 17.6 Å². The average molecular weight is 417 g/mol. The number of aromatic nitrogens is 3. The van der Waals surface area contributed by atoms with Crippen molar-refractivity contribution in [1.29, 1.82) is 0 Å². The Morgan fingerprint density at radius 3 is 2.64 bits per heavy atom. The second kappa shape index (κ2) is 9.12. The molecule has 1 heterocycles. The molecule has 1 atom stereocenters. The minimum absolute atomic E-state index is 0.131. The number of nitrogens with one attached hydrogen (secondary N) is 1. The number of anilines is 1. The Bertz CT molecular complexity index is 959. The summed E-state index contributed by atoms with van der Waals surface area (Å²) in [5.41, 5.74) is 1.57. The minimum atomic E-state index is -0.365. The number of thioether (sulfide) groups is 1. The van der Waals surface area contributed by atoms with Crippen LogP contribution in [0.3, 0.4) is 0 Å². The SMILES string of the molecule is CCOc1ccccc1NC(=O)C(C)Sc1nnc(-c2ccc(Cl)cc2)n1C. The molecule has 28 heavy (non-hydrogen) atoms. The lowest BCUT2D eigenvalue weighted by atomic mass is 10.2. The van der Waals surface area contributed by atoms with Crippen LogP contribution in [0.4, 0.5) is 5.69 Å². The Balaban J connectivity index is 1.70. The van der Waals surface area contributed by atoms with E-state index in [1.807, 2.05) is 74.0 Å². The molecule has 1 N–H and O–H groups in total. The van der Waals surface area contributed by atoms with Gasteiger partial charge in [-0.1, -0.05) is 35.5 Å². The summed E-state index contributed by atoms with van der Waals surface area (Å²) in [5.74, 6) is 1.24. The van der Waals surface area contributed by atoms with Gasteiger partial charge in [-0.05, 0) is 50.2 Å². The van der Waals surface area contributed by atoms with Crippen molar-refractivity contribution in [1.82, 2.24) is 14.8 Å². The lowest BCUT2D eigenvalue weighted by Gasteiger charge is -2.14. The van der Waals surface area contributed by atoms with E-state index in [1.54, 1.807) is 0 Å². The summed E-state index contributed by atoms with van der Waals surface area (Å²) in [6.07, 6.45) is 0. The average Bonchev–Trinajstić information content (AvgIpc) is 3.04. The number of amides is 1. The molecule has 0 fully saturated rings. The predicted molar refractivity (Wildman–Crippen MR) is 113 cm³/mol. The number of para-hydroxylation sites is 2. The summed E-state index contributed by atoms with van der Waals surface area (Å²) >= 11 is 7.29. The van der Waals surface area contributed by atoms with Crippen LogP contribution < -0.4 is 10.1 Å². The molecule has 3 rings (SSSR count). The Hall–Kier alpha value is -2.51. The molecule has 2 aromatic carbocycles. The van der Waals surface area contributed by atoms with E-state index in [-0.39, 0.29) is 11.2 Å². The molecule has 0 saturated heterocycles. The van der Waals surface area contributed by atoms with E-state index in [2.05, 4.69) is 15.5 Å². The van der Waals surface area contributed by atoms with Crippen LogP contribution in [-0.2, 0) is 11.8 Å². The molecule has 1 aromatic heterocycles. The molecule has 6 nitrogen and oxygen atoms in total. The lowest BCUT2D eigenvalue weighted by Crippen LogP contribution is -2.23. The van der Waals surface area contributed by atoms with Crippen molar-refractivity contribution in [3.63, 3.8) is 0 Å². The van der Waals surface area contributed by atoms with E-state index in [0.29, 0.717) is 34.0 Å². The Morgan fingerprint density at radius 1 is 1.21 bits per heavy atom. The Morgan fingerprint density at radius 2 is 1.93 bits per heavy atom. The first-order chi connectivity index (χ1) is 13.5. The summed E-state index contributed by atoms with van der Waals surface area (Å²) in [5, 5.41) is 12.4. The van der Waals surface area contributed by atoms with E-state index in [9.17, 15) is 4.79 Å². The van der Waals surface area contributed by atoms with Gasteiger partial charge in [-0.15, -0.1) is 10.2 Å². The number of benzene rings is 2. The van der Waals surface area contributed by atoms with Crippen LogP contribution in [0.25, 0.3) is 11.4 Å². The molecule has 0 aliphatic rings. The van der Waals surface area contributed by atoms with E-state index in [0.717, 1.165) is 5.56 Å². The van der Waals surface area contributed by atoms with Crippen molar-refractivity contribution in [3.8, 4) is 17.1 Å². The van der Waals surface area contributed by atoms with Gasteiger partial charge in [0.15, 0.2) is 11.0 Å². The second-order valence-corrected chi connectivity index (χ2v) is 7.79. The summed E-state index contributed by atoms with van der Waals surface area (Å²) < 4.78 is 7.43. The van der Waals surface area contributed by atoms with Crippen LogP contribution in [0, 0.1) is 0 Å². The zero-order valence-electron chi connectivity index (χ0n) is 15.8. The van der Waals surface area contributed by atoms with Crippen LogP contribution in [0.1, 0.15) is 13.8 Å². The summed E-state index contributed by atoms with van der Waals surface area (Å²) in [4.78, 5) is 12.6. The largest absolute Gasteiger partial charge is 0.492 e. The van der Waals surface area contributed by atoms with Crippen LogP contribution in [-0.4, -0.2) is 32.5 Å². The van der Waals surface area contributed by atoms with Crippen LogP contribution in [0.2, 0.25) is 5.02 Å². The maximum absolute atomic E-state index is 12.6. The molecular weight excluding hydrogens is 396 g/mol. The lowest BCUT2D eigenvalue weighted by molar-refractivity contribution is -0.115. The molecule has 146 valence electrons. The number of halogens is 1. The van der Waals surface area contributed by atoms with E-state index >= 15 is 0 Å². The number of hydrogen-bond acceptors (Lipinski definition) is 5. The third kappa shape index (κ3) is 4.66. The zero-order chi connectivity index (χ0) is 20.1. The zero-order valence-corrected chi connectivity index (χ0v) is 17.4. The highest BCUT2D eigenvalue weighted by Crippen LogP contribution is 2.28. The van der Waals surface area contributed by atoms with Crippen molar-refractivity contribution >= 4 is 35.0 Å². The third-order valence-corrected chi connectivity index (χ3v) is 5.42. The van der Waals surface area contributed by atoms with Crippen molar-refractivity contribution in [2.75, 3.05) is 11.9 Å². The number of carbonyl (C=O) groups is 1. The monoisotopic (exact) mass is 416 g/mol. The molecule has 0 aliphatic heterocycles. The van der Waals surface area contributed by atoms with Crippen molar-refractivity contribution < 1.29 is 9.53 Å². The predicted octanol–water partition coefficient (Wildman–Crippen LogP) is 4.65. The fourth-order valence-corrected chi connectivity index (χ4v) is 3.51. The first-order valence-electron chi connectivity index (χ1n) is 8.84. The highest BCUT2D eigenvalue weighted by molar-refractivity contribution is 8.00. The smallest absolute Gasteiger partial charge is 0.237 e. The third-order valence-electron chi connectivity index (χ3n) is 4.03. The highest BCUT2D eigenvalue weighted by atomic mass is 35.5. The second-order valence-electron chi connectivity index (χ2n) is 6.05. The molecule has 3 aromatic rings. The number of hydrogen-bond donors (Lipinski definition) is 1. The van der Waals surface area contributed by atoms with Crippen LogP contribution >= 0.6 is 23.4 Å². The molecular formula is C20H21ClN4O2S. The standard InChI is InChI=1S/C20H21ClN4O2S/c1-4-27-17-8-6-5-7-16(17)22-19(26)13(2)28-20-24-23-18(25(20)3)14-9-11-15(21)12-10-14/h5-13H,4H2,1-3H3,(H,22,26). The first kappa shape index (κ1) is 20.2. The van der Waals surface area contributed by atoms with E-state index in [4.69, 9.17) is 16.3 Å². The van der Waals surface area contributed by atoms with Gasteiger partial charge in [-0.2, -0.15) is 0 Å². The van der Waals surface area contributed by atoms with Gasteiger partial charge in [-0.3, -0.25) is 4.79 Å². The molecule has 0 bridgehead atoms. The first-order valence-corrected chi connectivity index (χ1v) is 10.1. The summed E-state index contributed by atoms with van der Waals surface area (Å²) in [6.45, 7) is 4.27. The normalized spacial score (nSPS) is 11.9. The fraction of sp³-hybridized carbons (Fsp3) is 0.250. The molecule has 8 heteroatoms.